The number of nitrogens with one attached hydrogen (secondary N) is 3. The summed E-state index contributed by atoms with van der Waals surface area (Å²) in [5, 5.41) is 5.75. The molecule has 0 unspecified atom stereocenters. The summed E-state index contributed by atoms with van der Waals surface area (Å²) in [7, 11) is 0. The maximum Gasteiger partial charge on any atom is 0.417 e. The number of fused-ring (bicyclic) bond motifs is 1. The Morgan fingerprint density at radius 1 is 0.974 bits per heavy atom. The van der Waals surface area contributed by atoms with Crippen LogP contribution in [0.4, 0.5) is 24.5 Å². The van der Waals surface area contributed by atoms with Gasteiger partial charge < -0.3 is 15.6 Å². The third kappa shape index (κ3) is 5.49. The number of anilines is 2. The zero-order chi connectivity index (χ0) is 27.8. The Bertz CT molecular complexity index is 1550. The molecule has 3 N–H and O–H groups in total. The molecule has 0 aliphatic rings. The summed E-state index contributed by atoms with van der Waals surface area (Å²) in [6.07, 6.45) is -4.72. The maximum atomic E-state index is 13.5. The van der Waals surface area contributed by atoms with Crippen LogP contribution in [0, 0.1) is 6.92 Å². The normalized spacial score (nSPS) is 12.0. The lowest BCUT2D eigenvalue weighted by atomic mass is 9.96. The van der Waals surface area contributed by atoms with Crippen LogP contribution in [0.1, 0.15) is 51.5 Å². The number of aromatic amines is 1. The average molecular weight is 563 g/mol. The van der Waals surface area contributed by atoms with E-state index < -0.39 is 34.5 Å². The van der Waals surface area contributed by atoms with Gasteiger partial charge in [-0.2, -0.15) is 13.2 Å². The topological polar surface area (TPSA) is 86.9 Å². The number of rotatable bonds is 6. The van der Waals surface area contributed by atoms with E-state index >= 15 is 0 Å². The molecule has 4 aromatic rings. The lowest BCUT2D eigenvalue weighted by Gasteiger charge is -2.17. The van der Waals surface area contributed by atoms with Crippen LogP contribution in [-0.4, -0.2) is 27.7 Å². The van der Waals surface area contributed by atoms with Gasteiger partial charge in [0.25, 0.3) is 11.8 Å². The van der Waals surface area contributed by atoms with E-state index in [0.717, 1.165) is 12.1 Å². The van der Waals surface area contributed by atoms with E-state index in [1.54, 1.807) is 25.1 Å². The number of hydrogen-bond donors (Lipinski definition) is 3. The van der Waals surface area contributed by atoms with Gasteiger partial charge in [0, 0.05) is 27.7 Å². The summed E-state index contributed by atoms with van der Waals surface area (Å²) >= 11 is 12.3. The van der Waals surface area contributed by atoms with Crippen molar-refractivity contribution in [3.05, 3.63) is 87.7 Å². The molecule has 4 rings (SSSR count). The molecule has 0 fully saturated rings. The predicted molar refractivity (Wildman–Crippen MR) is 143 cm³/mol. The van der Waals surface area contributed by atoms with Gasteiger partial charge >= 0.3 is 6.18 Å². The van der Waals surface area contributed by atoms with Crippen molar-refractivity contribution in [2.75, 3.05) is 16.5 Å². The number of benzene rings is 3. The molecule has 0 saturated carbocycles. The van der Waals surface area contributed by atoms with Crippen LogP contribution in [-0.2, 0) is 11.6 Å². The van der Waals surface area contributed by atoms with Crippen molar-refractivity contribution in [3.8, 4) is 0 Å². The largest absolute Gasteiger partial charge is 0.417 e. The molecule has 1 aromatic heterocycles. The highest BCUT2D eigenvalue weighted by molar-refractivity contribution is 6.32. The second-order valence-corrected chi connectivity index (χ2v) is 10.1. The molecule has 2 amide bonds. The van der Waals surface area contributed by atoms with Crippen LogP contribution in [0.25, 0.3) is 11.0 Å². The van der Waals surface area contributed by atoms with Crippen molar-refractivity contribution in [2.24, 2.45) is 0 Å². The molecule has 3 aromatic carbocycles. The standard InChI is InChI=1S/C27H23Cl2F3N4O2/c1-14-19(29)9-6-10-20(14)34-24(38)17-11-15(12-21-22(17)36-25(35-21)26(2,3)13-28)33-23(37)16-7-4-5-8-18(16)27(30,31)32/h4-12H,13H2,1-3H3,(H,33,37)(H,34,38)(H,35,36). The van der Waals surface area contributed by atoms with Crippen LogP contribution in [0.15, 0.2) is 54.6 Å². The first-order chi connectivity index (χ1) is 17.8. The summed E-state index contributed by atoms with van der Waals surface area (Å²) in [4.78, 5) is 34.1. The molecule has 0 radical (unpaired) electrons. The Morgan fingerprint density at radius 3 is 2.34 bits per heavy atom. The number of halogens is 5. The van der Waals surface area contributed by atoms with E-state index in [0.29, 0.717) is 33.1 Å². The smallest absolute Gasteiger partial charge is 0.341 e. The van der Waals surface area contributed by atoms with Gasteiger partial charge in [-0.05, 0) is 48.9 Å². The number of alkyl halides is 4. The highest BCUT2D eigenvalue weighted by Gasteiger charge is 2.35. The lowest BCUT2D eigenvalue weighted by Crippen LogP contribution is -2.20. The lowest BCUT2D eigenvalue weighted by molar-refractivity contribution is -0.137. The van der Waals surface area contributed by atoms with Crippen LogP contribution >= 0.6 is 23.2 Å². The van der Waals surface area contributed by atoms with Crippen LogP contribution in [0.5, 0.6) is 0 Å². The van der Waals surface area contributed by atoms with Crippen molar-refractivity contribution >= 4 is 57.4 Å². The van der Waals surface area contributed by atoms with Gasteiger partial charge in [-0.15, -0.1) is 11.6 Å². The van der Waals surface area contributed by atoms with E-state index in [1.807, 2.05) is 13.8 Å². The zero-order valence-corrected chi connectivity index (χ0v) is 22.1. The Morgan fingerprint density at radius 2 is 1.66 bits per heavy atom. The predicted octanol–water partition coefficient (Wildman–Crippen LogP) is 7.56. The highest BCUT2D eigenvalue weighted by Crippen LogP contribution is 2.33. The van der Waals surface area contributed by atoms with E-state index in [9.17, 15) is 22.8 Å². The maximum absolute atomic E-state index is 13.5. The summed E-state index contributed by atoms with van der Waals surface area (Å²) < 4.78 is 40.4. The molecule has 6 nitrogen and oxygen atoms in total. The Labute approximate surface area is 226 Å². The first kappa shape index (κ1) is 27.5. The van der Waals surface area contributed by atoms with Crippen molar-refractivity contribution in [1.82, 2.24) is 9.97 Å². The van der Waals surface area contributed by atoms with Crippen molar-refractivity contribution in [1.29, 1.82) is 0 Å². The minimum absolute atomic E-state index is 0.0918. The molecular weight excluding hydrogens is 540 g/mol. The van der Waals surface area contributed by atoms with Gasteiger partial charge in [-0.1, -0.05) is 43.6 Å². The Kier molecular flexibility index (Phi) is 7.45. The molecular formula is C27H23Cl2F3N4O2. The molecule has 0 aliphatic carbocycles. The van der Waals surface area contributed by atoms with E-state index in [-0.39, 0.29) is 17.1 Å². The number of amides is 2. The van der Waals surface area contributed by atoms with Crippen molar-refractivity contribution < 1.29 is 22.8 Å². The fourth-order valence-electron chi connectivity index (χ4n) is 3.81. The zero-order valence-electron chi connectivity index (χ0n) is 20.6. The SMILES string of the molecule is Cc1c(Cl)cccc1NC(=O)c1cc(NC(=O)c2ccccc2C(F)(F)F)cc2[nH]c(C(C)(C)CCl)nc12. The van der Waals surface area contributed by atoms with Gasteiger partial charge in [0.2, 0.25) is 0 Å². The molecule has 38 heavy (non-hydrogen) atoms. The first-order valence-electron chi connectivity index (χ1n) is 11.5. The molecule has 11 heteroatoms. The van der Waals surface area contributed by atoms with Gasteiger partial charge in [0.15, 0.2) is 0 Å². The minimum atomic E-state index is -4.72. The van der Waals surface area contributed by atoms with Gasteiger partial charge in [-0.3, -0.25) is 9.59 Å². The second-order valence-electron chi connectivity index (χ2n) is 9.39. The molecule has 0 spiro atoms. The Hall–Kier alpha value is -3.56. The van der Waals surface area contributed by atoms with E-state index in [1.165, 1.54) is 24.3 Å². The molecule has 198 valence electrons. The van der Waals surface area contributed by atoms with E-state index in [2.05, 4.69) is 20.6 Å². The van der Waals surface area contributed by atoms with Crippen molar-refractivity contribution in [2.45, 2.75) is 32.4 Å². The van der Waals surface area contributed by atoms with Gasteiger partial charge in [0.05, 0.1) is 22.2 Å². The fraction of sp³-hybridized carbons (Fsp3) is 0.222. The van der Waals surface area contributed by atoms with Gasteiger partial charge in [-0.25, -0.2) is 4.98 Å². The first-order valence-corrected chi connectivity index (χ1v) is 12.4. The number of carbonyl (C=O) groups excluding carboxylic acids is 2. The summed E-state index contributed by atoms with van der Waals surface area (Å²) in [5.74, 6) is -0.793. The Balaban J connectivity index is 1.79. The van der Waals surface area contributed by atoms with Crippen LogP contribution in [0.3, 0.4) is 0 Å². The van der Waals surface area contributed by atoms with Crippen molar-refractivity contribution in [3.63, 3.8) is 0 Å². The molecule has 0 atom stereocenters. The number of H-pyrrole nitrogens is 1. The third-order valence-electron chi connectivity index (χ3n) is 6.06. The van der Waals surface area contributed by atoms with Gasteiger partial charge in [0.1, 0.15) is 11.3 Å². The fourth-order valence-corrected chi connectivity index (χ4v) is 4.11. The summed E-state index contributed by atoms with van der Waals surface area (Å²) in [6.45, 7) is 5.48. The number of nitrogens with zero attached hydrogens (tertiary/aromatic N) is 1. The highest BCUT2D eigenvalue weighted by atomic mass is 35.5. The van der Waals surface area contributed by atoms with Crippen LogP contribution < -0.4 is 10.6 Å². The minimum Gasteiger partial charge on any atom is -0.341 e. The molecule has 0 aliphatic heterocycles. The quantitative estimate of drug-likeness (QED) is 0.212. The summed E-state index contributed by atoms with van der Waals surface area (Å²) in [6, 6.07) is 12.4. The molecule has 0 saturated heterocycles. The number of imidazole rings is 1. The van der Waals surface area contributed by atoms with E-state index in [4.69, 9.17) is 23.2 Å². The second kappa shape index (κ2) is 10.3. The number of aromatic nitrogens is 2. The number of hydrogen-bond acceptors (Lipinski definition) is 3. The molecule has 0 bridgehead atoms. The number of carbonyl (C=O) groups is 2. The summed E-state index contributed by atoms with van der Waals surface area (Å²) in [5.41, 5.74) is -0.168. The average Bonchev–Trinajstić information content (AvgIpc) is 3.31. The van der Waals surface area contributed by atoms with Crippen LogP contribution in [0.2, 0.25) is 5.02 Å². The third-order valence-corrected chi connectivity index (χ3v) is 7.13. The molecule has 1 heterocycles. The monoisotopic (exact) mass is 562 g/mol.